The zero-order chi connectivity index (χ0) is 14.7. The largest absolute Gasteiger partial charge is 0.288 e. The molecule has 0 bridgehead atoms. The van der Waals surface area contributed by atoms with E-state index in [0.29, 0.717) is 12.1 Å². The highest BCUT2D eigenvalue weighted by atomic mass is 35.5. The Morgan fingerprint density at radius 1 is 1.35 bits per heavy atom. The van der Waals surface area contributed by atoms with E-state index in [-0.39, 0.29) is 11.1 Å². The second-order valence-corrected chi connectivity index (χ2v) is 4.75. The minimum atomic E-state index is -0.575. The Hall–Kier alpha value is -2.14. The zero-order valence-electron chi connectivity index (χ0n) is 10.7. The molecule has 1 aliphatic rings. The molecule has 2 amide bonds. The van der Waals surface area contributed by atoms with Gasteiger partial charge in [0.25, 0.3) is 11.8 Å². The Bertz CT molecular complexity index is 626. The summed E-state index contributed by atoms with van der Waals surface area (Å²) < 4.78 is 14.3. The quantitative estimate of drug-likeness (QED) is 0.672. The third-order valence-electron chi connectivity index (χ3n) is 2.78. The second kappa shape index (κ2) is 5.88. The molecular weight excluding hydrogens is 283 g/mol. The molecule has 0 radical (unpaired) electrons. The monoisotopic (exact) mass is 294 g/mol. The van der Waals surface area contributed by atoms with Crippen molar-refractivity contribution in [2.24, 2.45) is 0 Å². The van der Waals surface area contributed by atoms with Gasteiger partial charge in [0.15, 0.2) is 0 Å². The van der Waals surface area contributed by atoms with Gasteiger partial charge in [0.1, 0.15) is 5.82 Å². The van der Waals surface area contributed by atoms with Gasteiger partial charge >= 0.3 is 0 Å². The number of amides is 2. The summed E-state index contributed by atoms with van der Waals surface area (Å²) in [5, 5.41) is 2.24. The van der Waals surface area contributed by atoms with Crippen molar-refractivity contribution in [2.75, 3.05) is 6.54 Å². The molecule has 0 atom stereocenters. The van der Waals surface area contributed by atoms with E-state index in [1.807, 2.05) is 0 Å². The molecule has 1 heterocycles. The number of hydrogen-bond acceptors (Lipinski definition) is 3. The fourth-order valence-electron chi connectivity index (χ4n) is 1.79. The smallest absolute Gasteiger partial charge is 0.259 e. The van der Waals surface area contributed by atoms with Gasteiger partial charge in [0, 0.05) is 23.5 Å². The first kappa shape index (κ1) is 14.3. The lowest BCUT2D eigenvalue weighted by molar-refractivity contribution is -0.116. The number of halogens is 2. The predicted octanol–water partition coefficient (Wildman–Crippen LogP) is 2.30. The van der Waals surface area contributed by atoms with Crippen LogP contribution in [0.4, 0.5) is 4.39 Å². The van der Waals surface area contributed by atoms with Crippen LogP contribution in [-0.4, -0.2) is 22.8 Å². The van der Waals surface area contributed by atoms with E-state index < -0.39 is 17.6 Å². The average molecular weight is 295 g/mol. The fourth-order valence-corrected chi connectivity index (χ4v) is 1.97. The molecule has 6 heteroatoms. The zero-order valence-corrected chi connectivity index (χ0v) is 11.4. The van der Waals surface area contributed by atoms with Crippen LogP contribution in [0, 0.1) is 12.7 Å². The van der Waals surface area contributed by atoms with Gasteiger partial charge in [0.2, 0.25) is 0 Å². The molecule has 0 spiro atoms. The fraction of sp³-hybridized carbons (Fsp3) is 0.143. The normalized spacial score (nSPS) is 13.9. The van der Waals surface area contributed by atoms with E-state index in [4.69, 9.17) is 11.8 Å². The molecule has 20 heavy (non-hydrogen) atoms. The lowest BCUT2D eigenvalue weighted by atomic mass is 10.1. The van der Waals surface area contributed by atoms with Crippen LogP contribution in [-0.2, 0) is 4.79 Å². The van der Waals surface area contributed by atoms with Gasteiger partial charge in [-0.15, -0.1) is 0 Å². The summed E-state index contributed by atoms with van der Waals surface area (Å²) in [6, 6.07) is 3.75. The third kappa shape index (κ3) is 3.24. The highest BCUT2D eigenvalue weighted by Gasteiger charge is 2.16. The number of nitrogens with zero attached hydrogens (tertiary/aromatic N) is 1. The van der Waals surface area contributed by atoms with Crippen molar-refractivity contribution in [1.82, 2.24) is 9.74 Å². The van der Waals surface area contributed by atoms with Crippen LogP contribution < -0.4 is 5.32 Å². The predicted molar refractivity (Wildman–Crippen MR) is 73.4 cm³/mol. The number of imide groups is 1. The highest BCUT2D eigenvalue weighted by Crippen LogP contribution is 2.12. The van der Waals surface area contributed by atoms with E-state index in [1.54, 1.807) is 19.1 Å². The van der Waals surface area contributed by atoms with Crippen molar-refractivity contribution in [3.63, 3.8) is 0 Å². The lowest BCUT2D eigenvalue weighted by Gasteiger charge is -2.14. The third-order valence-corrected chi connectivity index (χ3v) is 3.01. The van der Waals surface area contributed by atoms with Crippen molar-refractivity contribution >= 4 is 23.6 Å². The number of hydrogen-bond donors (Lipinski definition) is 1. The Morgan fingerprint density at radius 2 is 2.10 bits per heavy atom. The minimum Gasteiger partial charge on any atom is -0.288 e. The van der Waals surface area contributed by atoms with Crippen LogP contribution in [0.5, 0.6) is 0 Å². The van der Waals surface area contributed by atoms with Crippen LogP contribution in [0.3, 0.4) is 0 Å². The van der Waals surface area contributed by atoms with Gasteiger partial charge in [-0.25, -0.2) is 4.39 Å². The number of rotatable bonds is 2. The molecule has 0 saturated heterocycles. The Morgan fingerprint density at radius 3 is 2.75 bits per heavy atom. The van der Waals surface area contributed by atoms with E-state index in [0.717, 1.165) is 0 Å². The topological polar surface area (TPSA) is 49.4 Å². The van der Waals surface area contributed by atoms with Crippen LogP contribution >= 0.6 is 11.8 Å². The van der Waals surface area contributed by atoms with Crippen LogP contribution in [0.25, 0.3) is 0 Å². The van der Waals surface area contributed by atoms with E-state index in [2.05, 4.69) is 5.32 Å². The van der Waals surface area contributed by atoms with Gasteiger partial charge in [-0.3, -0.25) is 19.3 Å². The maximum atomic E-state index is 13.0. The Balaban J connectivity index is 2.12. The maximum absolute atomic E-state index is 13.0. The van der Waals surface area contributed by atoms with E-state index in [9.17, 15) is 14.0 Å². The van der Waals surface area contributed by atoms with Gasteiger partial charge < -0.3 is 0 Å². The summed E-state index contributed by atoms with van der Waals surface area (Å²) in [6.07, 6.45) is 4.72. The van der Waals surface area contributed by atoms with Gasteiger partial charge in [-0.1, -0.05) is 12.2 Å². The van der Waals surface area contributed by atoms with Gasteiger partial charge in [-0.05, 0) is 30.7 Å². The first-order valence-electron chi connectivity index (χ1n) is 5.90. The number of benzene rings is 1. The summed E-state index contributed by atoms with van der Waals surface area (Å²) >= 11 is 5.75. The van der Waals surface area contributed by atoms with Gasteiger partial charge in [-0.2, -0.15) is 0 Å². The maximum Gasteiger partial charge on any atom is 0.259 e. The first-order chi connectivity index (χ1) is 9.47. The molecule has 1 aliphatic heterocycles. The summed E-state index contributed by atoms with van der Waals surface area (Å²) in [7, 11) is 0. The Kier molecular flexibility index (Phi) is 4.20. The van der Waals surface area contributed by atoms with Gasteiger partial charge in [0.05, 0.1) is 12.1 Å². The SMILES string of the molecule is Cc1cc(F)ccc1C(=O)NC(=O)C1=CN(Cl)CC=C1. The summed E-state index contributed by atoms with van der Waals surface area (Å²) in [4.78, 5) is 23.9. The molecule has 0 aliphatic carbocycles. The molecule has 0 unspecified atom stereocenters. The molecule has 0 aromatic heterocycles. The van der Waals surface area contributed by atoms with Crippen LogP contribution in [0.1, 0.15) is 15.9 Å². The average Bonchev–Trinajstić information content (AvgIpc) is 2.38. The Labute approximate surface area is 120 Å². The number of aryl methyl sites for hydroxylation is 1. The van der Waals surface area contributed by atoms with E-state index >= 15 is 0 Å². The van der Waals surface area contributed by atoms with Crippen molar-refractivity contribution in [2.45, 2.75) is 6.92 Å². The molecule has 4 nitrogen and oxygen atoms in total. The summed E-state index contributed by atoms with van der Waals surface area (Å²) in [6.45, 7) is 2.09. The molecule has 0 fully saturated rings. The second-order valence-electron chi connectivity index (χ2n) is 4.31. The highest BCUT2D eigenvalue weighted by molar-refractivity contribution is 6.16. The molecule has 1 N–H and O–H groups in total. The molecular formula is C14H12ClFN2O2. The van der Waals surface area contributed by atoms with Crippen molar-refractivity contribution < 1.29 is 14.0 Å². The van der Waals surface area contributed by atoms with Crippen LogP contribution in [0.15, 0.2) is 42.1 Å². The number of carbonyl (C=O) groups excluding carboxylic acids is 2. The molecule has 2 rings (SSSR count). The number of carbonyl (C=O) groups is 2. The summed E-state index contributed by atoms with van der Waals surface area (Å²) in [5.41, 5.74) is 0.990. The molecule has 104 valence electrons. The standard InChI is InChI=1S/C14H12ClFN2O2/c1-9-7-11(16)4-5-12(9)14(20)17-13(19)10-3-2-6-18(15)8-10/h2-5,7-8H,6H2,1H3,(H,17,19,20). The first-order valence-corrected chi connectivity index (χ1v) is 6.24. The van der Waals surface area contributed by atoms with E-state index in [1.165, 1.54) is 28.8 Å². The van der Waals surface area contributed by atoms with Crippen molar-refractivity contribution in [1.29, 1.82) is 0 Å². The molecule has 1 aromatic carbocycles. The number of nitrogens with one attached hydrogen (secondary N) is 1. The minimum absolute atomic E-state index is 0.253. The van der Waals surface area contributed by atoms with Crippen molar-refractivity contribution in [3.8, 4) is 0 Å². The van der Waals surface area contributed by atoms with Crippen molar-refractivity contribution in [3.05, 3.63) is 59.1 Å². The van der Waals surface area contributed by atoms with Crippen LogP contribution in [0.2, 0.25) is 0 Å². The summed E-state index contributed by atoms with van der Waals surface area (Å²) in [5.74, 6) is -1.56. The molecule has 1 aromatic rings. The molecule has 0 saturated carbocycles. The lowest BCUT2D eigenvalue weighted by Crippen LogP contribution is -2.32.